The van der Waals surface area contributed by atoms with Crippen molar-refractivity contribution in [2.24, 2.45) is 0 Å². The summed E-state index contributed by atoms with van der Waals surface area (Å²) in [5.74, 6) is 2.00. The summed E-state index contributed by atoms with van der Waals surface area (Å²) in [5, 5.41) is 9.08. The first kappa shape index (κ1) is 14.4. The molecule has 0 aliphatic rings. The fourth-order valence-corrected chi connectivity index (χ4v) is 1.96. The van der Waals surface area contributed by atoms with Gasteiger partial charge in [0.05, 0.1) is 6.61 Å². The molecular formula is C12H20BrN3O. The topological polar surface area (TPSA) is 49.2 Å². The number of hydrogen-bond donors (Lipinski definition) is 1. The van der Waals surface area contributed by atoms with Gasteiger partial charge >= 0.3 is 0 Å². The summed E-state index contributed by atoms with van der Waals surface area (Å²) in [7, 11) is 0. The molecule has 0 unspecified atom stereocenters. The zero-order chi connectivity index (χ0) is 12.8. The molecule has 0 radical (unpaired) electrons. The Balaban J connectivity index is 3.00. The van der Waals surface area contributed by atoms with Crippen LogP contribution in [0.15, 0.2) is 10.7 Å². The number of halogens is 1. The van der Waals surface area contributed by atoms with Crippen molar-refractivity contribution in [3.63, 3.8) is 0 Å². The molecule has 0 bridgehead atoms. The maximum atomic E-state index is 9.08. The van der Waals surface area contributed by atoms with E-state index >= 15 is 0 Å². The van der Waals surface area contributed by atoms with Gasteiger partial charge in [0.2, 0.25) is 0 Å². The van der Waals surface area contributed by atoms with Gasteiger partial charge < -0.3 is 10.0 Å². The molecule has 0 aliphatic carbocycles. The summed E-state index contributed by atoms with van der Waals surface area (Å²) in [4.78, 5) is 11.0. The Bertz CT molecular complexity index is 352. The number of anilines is 1. The van der Waals surface area contributed by atoms with E-state index in [9.17, 15) is 0 Å². The smallest absolute Gasteiger partial charge is 0.134 e. The highest BCUT2D eigenvalue weighted by molar-refractivity contribution is 9.10. The van der Waals surface area contributed by atoms with E-state index in [1.165, 1.54) is 0 Å². The zero-order valence-corrected chi connectivity index (χ0v) is 12.2. The number of rotatable bonds is 6. The summed E-state index contributed by atoms with van der Waals surface area (Å²) >= 11 is 3.41. The van der Waals surface area contributed by atoms with Crippen molar-refractivity contribution in [2.45, 2.75) is 33.1 Å². The summed E-state index contributed by atoms with van der Waals surface area (Å²) in [6.45, 7) is 7.89. The average molecular weight is 302 g/mol. The molecule has 1 aromatic heterocycles. The monoisotopic (exact) mass is 301 g/mol. The summed E-state index contributed by atoms with van der Waals surface area (Å²) < 4.78 is 0.797. The van der Waals surface area contributed by atoms with E-state index in [-0.39, 0.29) is 6.61 Å². The van der Waals surface area contributed by atoms with Gasteiger partial charge in [-0.3, -0.25) is 0 Å². The molecule has 5 heteroatoms. The lowest BCUT2D eigenvalue weighted by Crippen LogP contribution is -2.28. The van der Waals surface area contributed by atoms with Gasteiger partial charge in [0.1, 0.15) is 16.2 Å². The van der Waals surface area contributed by atoms with E-state index in [4.69, 9.17) is 5.11 Å². The lowest BCUT2D eigenvalue weighted by Gasteiger charge is -2.23. The number of nitrogens with zero attached hydrogens (tertiary/aromatic N) is 3. The van der Waals surface area contributed by atoms with Gasteiger partial charge in [0, 0.05) is 25.1 Å². The first-order valence-corrected chi connectivity index (χ1v) is 6.78. The molecule has 0 saturated carbocycles. The minimum atomic E-state index is 0.138. The molecule has 1 rings (SSSR count). The Morgan fingerprint density at radius 2 is 2.06 bits per heavy atom. The molecule has 0 amide bonds. The summed E-state index contributed by atoms with van der Waals surface area (Å²) in [5.41, 5.74) is 0. The first-order valence-electron chi connectivity index (χ1n) is 5.98. The van der Waals surface area contributed by atoms with Crippen LogP contribution in [0.2, 0.25) is 0 Å². The maximum Gasteiger partial charge on any atom is 0.134 e. The minimum Gasteiger partial charge on any atom is -0.395 e. The van der Waals surface area contributed by atoms with E-state index < -0.39 is 0 Å². The van der Waals surface area contributed by atoms with Crippen molar-refractivity contribution in [3.8, 4) is 0 Å². The molecule has 0 fully saturated rings. The third-order valence-corrected chi connectivity index (χ3v) is 2.81. The predicted molar refractivity (Wildman–Crippen MR) is 73.4 cm³/mol. The second kappa shape index (κ2) is 6.91. The minimum absolute atomic E-state index is 0.138. The van der Waals surface area contributed by atoms with Gasteiger partial charge in [0.25, 0.3) is 0 Å². The van der Waals surface area contributed by atoms with Crippen LogP contribution in [-0.2, 0) is 0 Å². The van der Waals surface area contributed by atoms with Crippen molar-refractivity contribution < 1.29 is 5.11 Å². The number of hydrogen-bond acceptors (Lipinski definition) is 4. The van der Waals surface area contributed by atoms with Crippen LogP contribution in [-0.4, -0.2) is 34.8 Å². The van der Waals surface area contributed by atoms with Crippen LogP contribution in [0.25, 0.3) is 0 Å². The highest BCUT2D eigenvalue weighted by Crippen LogP contribution is 2.20. The molecule has 96 valence electrons. The molecule has 1 heterocycles. The first-order chi connectivity index (χ1) is 8.08. The second-order valence-electron chi connectivity index (χ2n) is 4.27. The lowest BCUT2D eigenvalue weighted by molar-refractivity contribution is 0.301. The quantitative estimate of drug-likeness (QED) is 0.821. The lowest BCUT2D eigenvalue weighted by atomic mass is 10.2. The molecule has 1 aromatic rings. The Kier molecular flexibility index (Phi) is 5.85. The molecule has 4 nitrogen and oxygen atoms in total. The van der Waals surface area contributed by atoms with E-state index in [1.807, 2.05) is 6.07 Å². The van der Waals surface area contributed by atoms with Crippen molar-refractivity contribution >= 4 is 21.7 Å². The van der Waals surface area contributed by atoms with Crippen LogP contribution in [0, 0.1) is 0 Å². The molecule has 0 atom stereocenters. The van der Waals surface area contributed by atoms with Gasteiger partial charge in [-0.25, -0.2) is 9.97 Å². The van der Waals surface area contributed by atoms with Gasteiger partial charge in [-0.1, -0.05) is 20.8 Å². The average Bonchev–Trinajstić information content (AvgIpc) is 2.28. The van der Waals surface area contributed by atoms with E-state index in [1.54, 1.807) is 0 Å². The van der Waals surface area contributed by atoms with Crippen molar-refractivity contribution in [1.82, 2.24) is 9.97 Å². The van der Waals surface area contributed by atoms with Gasteiger partial charge in [-0.2, -0.15) is 0 Å². The summed E-state index contributed by atoms with van der Waals surface area (Å²) in [6, 6.07) is 1.90. The SMILES string of the molecule is CCCN(CCO)c1cc(Br)nc(C(C)C)n1. The second-order valence-corrected chi connectivity index (χ2v) is 5.08. The van der Waals surface area contributed by atoms with E-state index in [2.05, 4.69) is 51.6 Å². The molecule has 0 saturated heterocycles. The molecule has 0 aromatic carbocycles. The van der Waals surface area contributed by atoms with Crippen LogP contribution in [0.5, 0.6) is 0 Å². The van der Waals surface area contributed by atoms with Crippen LogP contribution < -0.4 is 4.90 Å². The third kappa shape index (κ3) is 4.24. The number of aliphatic hydroxyl groups is 1. The summed E-state index contributed by atoms with van der Waals surface area (Å²) in [6.07, 6.45) is 1.03. The highest BCUT2D eigenvalue weighted by Gasteiger charge is 2.11. The predicted octanol–water partition coefficient (Wildman–Crippen LogP) is 2.57. The number of aromatic nitrogens is 2. The van der Waals surface area contributed by atoms with Crippen LogP contribution in [0.3, 0.4) is 0 Å². The van der Waals surface area contributed by atoms with E-state index in [0.29, 0.717) is 12.5 Å². The zero-order valence-electron chi connectivity index (χ0n) is 10.6. The van der Waals surface area contributed by atoms with Crippen molar-refractivity contribution in [1.29, 1.82) is 0 Å². The van der Waals surface area contributed by atoms with Gasteiger partial charge in [0.15, 0.2) is 0 Å². The van der Waals surface area contributed by atoms with Crippen LogP contribution in [0.1, 0.15) is 38.9 Å². The van der Waals surface area contributed by atoms with Gasteiger partial charge in [-0.15, -0.1) is 0 Å². The van der Waals surface area contributed by atoms with Crippen LogP contribution in [0.4, 0.5) is 5.82 Å². The molecule has 0 aliphatic heterocycles. The Morgan fingerprint density at radius 3 is 2.59 bits per heavy atom. The molecule has 17 heavy (non-hydrogen) atoms. The molecular weight excluding hydrogens is 282 g/mol. The standard InChI is InChI=1S/C12H20BrN3O/c1-4-5-16(6-7-17)11-8-10(13)14-12(15-11)9(2)3/h8-9,17H,4-7H2,1-3H3. The van der Waals surface area contributed by atoms with Crippen molar-refractivity contribution in [3.05, 3.63) is 16.5 Å². The van der Waals surface area contributed by atoms with Crippen molar-refractivity contribution in [2.75, 3.05) is 24.6 Å². The Morgan fingerprint density at radius 1 is 1.35 bits per heavy atom. The van der Waals surface area contributed by atoms with Gasteiger partial charge in [-0.05, 0) is 22.4 Å². The maximum absolute atomic E-state index is 9.08. The molecule has 1 N–H and O–H groups in total. The number of aliphatic hydroxyl groups excluding tert-OH is 1. The highest BCUT2D eigenvalue weighted by atomic mass is 79.9. The Hall–Kier alpha value is -0.680. The normalized spacial score (nSPS) is 10.9. The van der Waals surface area contributed by atoms with Crippen LogP contribution >= 0.6 is 15.9 Å². The largest absolute Gasteiger partial charge is 0.395 e. The van der Waals surface area contributed by atoms with E-state index in [0.717, 1.165) is 29.2 Å². The Labute approximate surface area is 111 Å². The third-order valence-electron chi connectivity index (χ3n) is 2.40. The fourth-order valence-electron chi connectivity index (χ4n) is 1.57. The fraction of sp³-hybridized carbons (Fsp3) is 0.667. The molecule has 0 spiro atoms.